The lowest BCUT2D eigenvalue weighted by atomic mass is 10.1. The number of carbonyl (C=O) groups is 1. The number of hydrogen-bond donors (Lipinski definition) is 1. The van der Waals surface area contributed by atoms with E-state index in [9.17, 15) is 4.79 Å². The Kier molecular flexibility index (Phi) is 5.39. The minimum Gasteiger partial charge on any atom is -0.382 e. The Balaban J connectivity index is 2.21. The number of thiophene rings is 1. The predicted octanol–water partition coefficient (Wildman–Crippen LogP) is 4.23. The van der Waals surface area contributed by atoms with Crippen molar-refractivity contribution in [1.29, 1.82) is 0 Å². The molecule has 3 nitrogen and oxygen atoms in total. The first-order valence-electron chi connectivity index (χ1n) is 7.29. The summed E-state index contributed by atoms with van der Waals surface area (Å²) in [6, 6.07) is 12.1. The minimum absolute atomic E-state index is 0.0784. The first kappa shape index (κ1) is 15.6. The Hall–Kier alpha value is -1.81. The Labute approximate surface area is 130 Å². The van der Waals surface area contributed by atoms with Crippen molar-refractivity contribution in [1.82, 2.24) is 4.90 Å². The lowest BCUT2D eigenvalue weighted by molar-refractivity contribution is 0.0755. The van der Waals surface area contributed by atoms with Crippen LogP contribution in [0.3, 0.4) is 0 Å². The van der Waals surface area contributed by atoms with E-state index < -0.39 is 0 Å². The molecular weight excluding hydrogens is 280 g/mol. The molecule has 1 N–H and O–H groups in total. The van der Waals surface area contributed by atoms with E-state index in [1.165, 1.54) is 4.88 Å². The third-order valence-corrected chi connectivity index (χ3v) is 4.06. The zero-order valence-corrected chi connectivity index (χ0v) is 13.6. The van der Waals surface area contributed by atoms with Crippen molar-refractivity contribution in [2.45, 2.75) is 33.4 Å². The van der Waals surface area contributed by atoms with E-state index in [-0.39, 0.29) is 5.91 Å². The molecule has 0 radical (unpaired) electrons. The van der Waals surface area contributed by atoms with E-state index in [0.717, 1.165) is 11.3 Å². The van der Waals surface area contributed by atoms with Gasteiger partial charge in [-0.3, -0.25) is 4.79 Å². The predicted molar refractivity (Wildman–Crippen MR) is 89.9 cm³/mol. The first-order valence-corrected chi connectivity index (χ1v) is 8.17. The lowest BCUT2D eigenvalue weighted by Crippen LogP contribution is -2.31. The molecule has 0 saturated carbocycles. The van der Waals surface area contributed by atoms with Crippen LogP contribution in [0.15, 0.2) is 41.8 Å². The van der Waals surface area contributed by atoms with Gasteiger partial charge in [-0.1, -0.05) is 18.2 Å². The quantitative estimate of drug-likeness (QED) is 0.866. The SMILES string of the molecule is CCN(Cc1cccs1)C(=O)c1ccccc1NC(C)C. The second kappa shape index (κ2) is 7.27. The second-order valence-electron chi connectivity index (χ2n) is 5.24. The van der Waals surface area contributed by atoms with Gasteiger partial charge in [0.05, 0.1) is 12.1 Å². The van der Waals surface area contributed by atoms with Crippen LogP contribution in [0.4, 0.5) is 5.69 Å². The van der Waals surface area contributed by atoms with Crippen molar-refractivity contribution >= 4 is 22.9 Å². The molecule has 112 valence electrons. The molecule has 1 amide bonds. The summed E-state index contributed by atoms with van der Waals surface area (Å²) in [4.78, 5) is 15.9. The summed E-state index contributed by atoms with van der Waals surface area (Å²) in [5.74, 6) is 0.0784. The standard InChI is InChI=1S/C17H22N2OS/c1-4-19(12-14-8-7-11-21-14)17(20)15-9-5-6-10-16(15)18-13(2)3/h5-11,13,18H,4,12H2,1-3H3. The second-order valence-corrected chi connectivity index (χ2v) is 6.28. The van der Waals surface area contributed by atoms with E-state index in [4.69, 9.17) is 0 Å². The average Bonchev–Trinajstić information content (AvgIpc) is 2.97. The van der Waals surface area contributed by atoms with Gasteiger partial charge in [-0.15, -0.1) is 11.3 Å². The molecule has 2 rings (SSSR count). The van der Waals surface area contributed by atoms with Gasteiger partial charge in [0, 0.05) is 23.2 Å². The van der Waals surface area contributed by atoms with Crippen molar-refractivity contribution in [2.24, 2.45) is 0 Å². The van der Waals surface area contributed by atoms with Crippen molar-refractivity contribution in [2.75, 3.05) is 11.9 Å². The largest absolute Gasteiger partial charge is 0.382 e. The molecule has 2 aromatic rings. The molecule has 0 spiro atoms. The maximum atomic E-state index is 12.8. The van der Waals surface area contributed by atoms with Gasteiger partial charge in [-0.25, -0.2) is 0 Å². The number of amides is 1. The van der Waals surface area contributed by atoms with Crippen molar-refractivity contribution in [3.8, 4) is 0 Å². The van der Waals surface area contributed by atoms with E-state index in [0.29, 0.717) is 19.1 Å². The molecule has 0 aliphatic heterocycles. The van der Waals surface area contributed by atoms with Crippen LogP contribution in [-0.2, 0) is 6.54 Å². The van der Waals surface area contributed by atoms with Gasteiger partial charge in [0.15, 0.2) is 0 Å². The maximum absolute atomic E-state index is 12.8. The molecule has 21 heavy (non-hydrogen) atoms. The summed E-state index contributed by atoms with van der Waals surface area (Å²) in [5, 5.41) is 5.39. The van der Waals surface area contributed by atoms with Gasteiger partial charge in [-0.2, -0.15) is 0 Å². The summed E-state index contributed by atoms with van der Waals surface area (Å²) < 4.78 is 0. The van der Waals surface area contributed by atoms with Gasteiger partial charge in [-0.05, 0) is 44.4 Å². The highest BCUT2D eigenvalue weighted by Crippen LogP contribution is 2.20. The van der Waals surface area contributed by atoms with Crippen LogP contribution in [0.1, 0.15) is 36.0 Å². The molecule has 0 aliphatic rings. The van der Waals surface area contributed by atoms with Crippen LogP contribution in [-0.4, -0.2) is 23.4 Å². The number of anilines is 1. The number of para-hydroxylation sites is 1. The molecule has 4 heteroatoms. The molecule has 1 aromatic carbocycles. The molecule has 0 saturated heterocycles. The molecule has 0 aliphatic carbocycles. The highest BCUT2D eigenvalue weighted by Gasteiger charge is 2.18. The number of nitrogens with zero attached hydrogens (tertiary/aromatic N) is 1. The maximum Gasteiger partial charge on any atom is 0.256 e. The van der Waals surface area contributed by atoms with Crippen LogP contribution in [0.5, 0.6) is 0 Å². The molecular formula is C17H22N2OS. The van der Waals surface area contributed by atoms with Crippen molar-refractivity contribution in [3.05, 3.63) is 52.2 Å². The van der Waals surface area contributed by atoms with Gasteiger partial charge in [0.25, 0.3) is 5.91 Å². The fourth-order valence-corrected chi connectivity index (χ4v) is 2.91. The van der Waals surface area contributed by atoms with Crippen LogP contribution in [0.25, 0.3) is 0 Å². The monoisotopic (exact) mass is 302 g/mol. The fourth-order valence-electron chi connectivity index (χ4n) is 2.19. The van der Waals surface area contributed by atoms with Crippen LogP contribution in [0.2, 0.25) is 0 Å². The minimum atomic E-state index is 0.0784. The summed E-state index contributed by atoms with van der Waals surface area (Å²) in [5.41, 5.74) is 1.65. The molecule has 1 heterocycles. The summed E-state index contributed by atoms with van der Waals surface area (Å²) in [7, 11) is 0. The van der Waals surface area contributed by atoms with E-state index >= 15 is 0 Å². The Morgan fingerprint density at radius 2 is 2.00 bits per heavy atom. The summed E-state index contributed by atoms with van der Waals surface area (Å²) in [6.45, 7) is 7.54. The average molecular weight is 302 g/mol. The number of benzene rings is 1. The van der Waals surface area contributed by atoms with Crippen molar-refractivity contribution in [3.63, 3.8) is 0 Å². The molecule has 0 bridgehead atoms. The third-order valence-electron chi connectivity index (χ3n) is 3.20. The first-order chi connectivity index (χ1) is 10.1. The van der Waals surface area contributed by atoms with E-state index in [1.54, 1.807) is 11.3 Å². The summed E-state index contributed by atoms with van der Waals surface area (Å²) in [6.07, 6.45) is 0. The highest BCUT2D eigenvalue weighted by molar-refractivity contribution is 7.09. The van der Waals surface area contributed by atoms with E-state index in [2.05, 4.69) is 25.2 Å². The fraction of sp³-hybridized carbons (Fsp3) is 0.353. The van der Waals surface area contributed by atoms with E-state index in [1.807, 2.05) is 47.5 Å². The number of nitrogens with one attached hydrogen (secondary N) is 1. The van der Waals surface area contributed by atoms with Crippen LogP contribution >= 0.6 is 11.3 Å². The Morgan fingerprint density at radius 1 is 1.24 bits per heavy atom. The highest BCUT2D eigenvalue weighted by atomic mass is 32.1. The number of rotatable bonds is 6. The van der Waals surface area contributed by atoms with Gasteiger partial charge >= 0.3 is 0 Å². The molecule has 0 atom stereocenters. The Bertz CT molecular complexity index is 578. The Morgan fingerprint density at radius 3 is 2.62 bits per heavy atom. The molecule has 1 aromatic heterocycles. The summed E-state index contributed by atoms with van der Waals surface area (Å²) >= 11 is 1.68. The smallest absolute Gasteiger partial charge is 0.256 e. The van der Waals surface area contributed by atoms with Gasteiger partial charge in [0.1, 0.15) is 0 Å². The van der Waals surface area contributed by atoms with Gasteiger partial charge < -0.3 is 10.2 Å². The van der Waals surface area contributed by atoms with Crippen LogP contribution < -0.4 is 5.32 Å². The lowest BCUT2D eigenvalue weighted by Gasteiger charge is -2.22. The zero-order chi connectivity index (χ0) is 15.2. The zero-order valence-electron chi connectivity index (χ0n) is 12.8. The topological polar surface area (TPSA) is 32.3 Å². The number of hydrogen-bond acceptors (Lipinski definition) is 3. The van der Waals surface area contributed by atoms with Crippen molar-refractivity contribution < 1.29 is 4.79 Å². The number of carbonyl (C=O) groups excluding carboxylic acids is 1. The third kappa shape index (κ3) is 4.08. The van der Waals surface area contributed by atoms with Gasteiger partial charge in [0.2, 0.25) is 0 Å². The molecule has 0 fully saturated rings. The normalized spacial score (nSPS) is 10.7. The molecule has 0 unspecified atom stereocenters. The van der Waals surface area contributed by atoms with Crippen LogP contribution in [0, 0.1) is 0 Å².